The van der Waals surface area contributed by atoms with Gasteiger partial charge in [-0.05, 0) is 18.9 Å². The van der Waals surface area contributed by atoms with Crippen molar-refractivity contribution in [2.24, 2.45) is 0 Å². The molecule has 2 aromatic rings. The molecule has 1 aliphatic rings. The zero-order chi connectivity index (χ0) is 13.4. The summed E-state index contributed by atoms with van der Waals surface area (Å²) >= 11 is 4.15. The normalized spacial score (nSPS) is 19.5. The summed E-state index contributed by atoms with van der Waals surface area (Å²) in [4.78, 5) is 9.24. The van der Waals surface area contributed by atoms with Crippen LogP contribution in [-0.4, -0.2) is 36.3 Å². The largest absolute Gasteiger partial charge is 0.383 e. The highest BCUT2D eigenvalue weighted by atomic mass is 32.1. The summed E-state index contributed by atoms with van der Waals surface area (Å²) < 4.78 is 19.4. The Hall–Kier alpha value is -1.27. The number of aromatic nitrogens is 2. The van der Waals surface area contributed by atoms with Gasteiger partial charge in [-0.1, -0.05) is 0 Å². The van der Waals surface area contributed by atoms with Crippen LogP contribution in [0.4, 0.5) is 10.1 Å². The van der Waals surface area contributed by atoms with Crippen LogP contribution in [-0.2, 0) is 4.74 Å². The van der Waals surface area contributed by atoms with Crippen molar-refractivity contribution >= 4 is 29.3 Å². The number of rotatable bonds is 3. The lowest BCUT2D eigenvalue weighted by molar-refractivity contribution is 0.180. The second-order valence-corrected chi connectivity index (χ2v) is 5.25. The second kappa shape index (κ2) is 5.02. The molecule has 1 fully saturated rings. The predicted molar refractivity (Wildman–Crippen MR) is 75.5 cm³/mol. The minimum absolute atomic E-state index is 0.229. The van der Waals surface area contributed by atoms with Crippen molar-refractivity contribution in [3.05, 3.63) is 17.9 Å². The van der Waals surface area contributed by atoms with Crippen molar-refractivity contribution < 1.29 is 9.13 Å². The number of anilines is 1. The van der Waals surface area contributed by atoms with E-state index in [0.29, 0.717) is 23.0 Å². The summed E-state index contributed by atoms with van der Waals surface area (Å²) in [6.45, 7) is 1.48. The topological polar surface area (TPSA) is 41.1 Å². The number of benzene rings is 1. The molecule has 19 heavy (non-hydrogen) atoms. The van der Waals surface area contributed by atoms with Gasteiger partial charge in [0.15, 0.2) is 5.16 Å². The quantitative estimate of drug-likeness (QED) is 0.850. The molecule has 4 nitrogen and oxygen atoms in total. The molecule has 6 heteroatoms. The van der Waals surface area contributed by atoms with Crippen LogP contribution in [0.5, 0.6) is 0 Å². The third kappa shape index (κ3) is 2.30. The molecular formula is C13H16FN3OS. The summed E-state index contributed by atoms with van der Waals surface area (Å²) in [6, 6.07) is 3.51. The molecule has 0 bridgehead atoms. The minimum atomic E-state index is -0.229. The number of nitrogens with zero attached hydrogens (tertiary/aromatic N) is 2. The number of imidazole rings is 1. The van der Waals surface area contributed by atoms with Gasteiger partial charge in [0.05, 0.1) is 29.4 Å². The Balaban J connectivity index is 2.01. The molecule has 1 aromatic heterocycles. The van der Waals surface area contributed by atoms with E-state index >= 15 is 0 Å². The number of halogens is 1. The Morgan fingerprint density at radius 1 is 1.58 bits per heavy atom. The van der Waals surface area contributed by atoms with Gasteiger partial charge in [0.25, 0.3) is 0 Å². The highest BCUT2D eigenvalue weighted by molar-refractivity contribution is 7.80. The first-order valence-electron chi connectivity index (χ1n) is 6.33. The highest BCUT2D eigenvalue weighted by Crippen LogP contribution is 2.31. The van der Waals surface area contributed by atoms with E-state index < -0.39 is 0 Å². The maximum absolute atomic E-state index is 14.2. The zero-order valence-corrected chi connectivity index (χ0v) is 11.6. The summed E-state index contributed by atoms with van der Waals surface area (Å²) in [5.74, 6) is -0.229. The van der Waals surface area contributed by atoms with E-state index in [-0.39, 0.29) is 11.9 Å². The maximum Gasteiger partial charge on any atom is 0.163 e. The molecule has 0 spiro atoms. The van der Waals surface area contributed by atoms with Gasteiger partial charge >= 0.3 is 0 Å². The fourth-order valence-corrected chi connectivity index (χ4v) is 2.97. The average Bonchev–Trinajstić information content (AvgIpc) is 2.94. The van der Waals surface area contributed by atoms with Crippen molar-refractivity contribution in [1.82, 2.24) is 9.97 Å². The van der Waals surface area contributed by atoms with Crippen LogP contribution in [0.3, 0.4) is 0 Å². The number of aromatic amines is 1. The number of hydrogen-bond donors (Lipinski definition) is 2. The molecule has 1 aromatic carbocycles. The van der Waals surface area contributed by atoms with E-state index in [1.165, 1.54) is 6.07 Å². The smallest absolute Gasteiger partial charge is 0.163 e. The molecule has 0 radical (unpaired) electrons. The SMILES string of the molecule is COCC1CCCN1c1cc2nc(S)[nH]c2cc1F. The zero-order valence-electron chi connectivity index (χ0n) is 10.7. The summed E-state index contributed by atoms with van der Waals surface area (Å²) in [5, 5.41) is 0.501. The third-order valence-corrected chi connectivity index (χ3v) is 3.80. The van der Waals surface area contributed by atoms with Crippen molar-refractivity contribution in [2.45, 2.75) is 24.0 Å². The Labute approximate surface area is 116 Å². The van der Waals surface area contributed by atoms with Crippen LogP contribution >= 0.6 is 12.6 Å². The van der Waals surface area contributed by atoms with Crippen molar-refractivity contribution in [3.63, 3.8) is 0 Å². The maximum atomic E-state index is 14.2. The van der Waals surface area contributed by atoms with Gasteiger partial charge in [0.1, 0.15) is 5.82 Å². The number of hydrogen-bond acceptors (Lipinski definition) is 4. The molecular weight excluding hydrogens is 265 g/mol. The first kappa shape index (κ1) is 12.7. The van der Waals surface area contributed by atoms with Crippen LogP contribution in [0.2, 0.25) is 0 Å². The van der Waals surface area contributed by atoms with E-state index in [0.717, 1.165) is 24.9 Å². The van der Waals surface area contributed by atoms with Gasteiger partial charge in [0, 0.05) is 19.7 Å². The Kier molecular flexibility index (Phi) is 3.36. The molecule has 1 atom stereocenters. The van der Waals surface area contributed by atoms with Gasteiger partial charge in [-0.2, -0.15) is 0 Å². The lowest BCUT2D eigenvalue weighted by Crippen LogP contribution is -2.33. The summed E-state index contributed by atoms with van der Waals surface area (Å²) in [7, 11) is 1.68. The number of H-pyrrole nitrogens is 1. The molecule has 0 aliphatic carbocycles. The summed E-state index contributed by atoms with van der Waals surface area (Å²) in [5.41, 5.74) is 2.02. The highest BCUT2D eigenvalue weighted by Gasteiger charge is 2.27. The number of ether oxygens (including phenoxy) is 1. The van der Waals surface area contributed by atoms with Crippen molar-refractivity contribution in [3.8, 4) is 0 Å². The van der Waals surface area contributed by atoms with Gasteiger partial charge in [-0.3, -0.25) is 0 Å². The standard InChI is InChI=1S/C13H16FN3OS/c1-18-7-8-3-2-4-17(8)12-6-11-10(5-9(12)14)15-13(19)16-11/h5-6,8H,2-4,7H2,1H3,(H2,15,16,19). The number of thiol groups is 1. The number of nitrogens with one attached hydrogen (secondary N) is 1. The van der Waals surface area contributed by atoms with Gasteiger partial charge < -0.3 is 14.6 Å². The van der Waals surface area contributed by atoms with Crippen LogP contribution in [0.1, 0.15) is 12.8 Å². The first-order chi connectivity index (χ1) is 9.19. The molecule has 1 unspecified atom stereocenters. The van der Waals surface area contributed by atoms with Crippen LogP contribution < -0.4 is 4.90 Å². The van der Waals surface area contributed by atoms with E-state index in [4.69, 9.17) is 4.74 Å². The fourth-order valence-electron chi connectivity index (χ4n) is 2.74. The van der Waals surface area contributed by atoms with Crippen LogP contribution in [0, 0.1) is 5.82 Å². The molecule has 102 valence electrons. The van der Waals surface area contributed by atoms with E-state index in [9.17, 15) is 4.39 Å². The van der Waals surface area contributed by atoms with Crippen molar-refractivity contribution in [2.75, 3.05) is 25.2 Å². The summed E-state index contributed by atoms with van der Waals surface area (Å²) in [6.07, 6.45) is 2.09. The van der Waals surface area contributed by atoms with Crippen LogP contribution in [0.25, 0.3) is 11.0 Å². The monoisotopic (exact) mass is 281 g/mol. The molecule has 3 rings (SSSR count). The Morgan fingerprint density at radius 3 is 3.21 bits per heavy atom. The Morgan fingerprint density at radius 2 is 2.42 bits per heavy atom. The van der Waals surface area contributed by atoms with E-state index in [1.807, 2.05) is 0 Å². The number of fused-ring (bicyclic) bond motifs is 1. The predicted octanol–water partition coefficient (Wildman–Crippen LogP) is 2.61. The molecule has 1 saturated heterocycles. The second-order valence-electron chi connectivity index (χ2n) is 4.83. The Bertz CT molecular complexity index is 601. The van der Waals surface area contributed by atoms with Crippen molar-refractivity contribution in [1.29, 1.82) is 0 Å². The van der Waals surface area contributed by atoms with Gasteiger partial charge in [-0.25, -0.2) is 9.37 Å². The lowest BCUT2D eigenvalue weighted by Gasteiger charge is -2.26. The molecule has 2 heterocycles. The fraction of sp³-hybridized carbons (Fsp3) is 0.462. The van der Waals surface area contributed by atoms with Crippen LogP contribution in [0.15, 0.2) is 17.3 Å². The van der Waals surface area contributed by atoms with Gasteiger partial charge in [-0.15, -0.1) is 12.6 Å². The molecule has 1 N–H and O–H groups in total. The van der Waals surface area contributed by atoms with E-state index in [2.05, 4.69) is 27.5 Å². The minimum Gasteiger partial charge on any atom is -0.383 e. The first-order valence-corrected chi connectivity index (χ1v) is 6.77. The number of methoxy groups -OCH3 is 1. The molecule has 1 aliphatic heterocycles. The molecule has 0 saturated carbocycles. The van der Waals surface area contributed by atoms with E-state index in [1.54, 1.807) is 13.2 Å². The average molecular weight is 281 g/mol. The molecule has 0 amide bonds. The third-order valence-electron chi connectivity index (χ3n) is 3.58. The van der Waals surface area contributed by atoms with Gasteiger partial charge in [0.2, 0.25) is 0 Å². The lowest BCUT2D eigenvalue weighted by atomic mass is 10.2.